The second kappa shape index (κ2) is 5.53. The van der Waals surface area contributed by atoms with E-state index >= 15 is 0 Å². The molecule has 0 radical (unpaired) electrons. The average molecular weight is 233 g/mol. The molecule has 0 amide bonds. The second-order valence-corrected chi connectivity index (χ2v) is 4.36. The van der Waals surface area contributed by atoms with Crippen molar-refractivity contribution in [1.29, 1.82) is 0 Å². The first kappa shape index (κ1) is 13.3. The number of carboxylic acids is 1. The van der Waals surface area contributed by atoms with E-state index in [-0.39, 0.29) is 0 Å². The molecule has 17 heavy (non-hydrogen) atoms. The summed E-state index contributed by atoms with van der Waals surface area (Å²) < 4.78 is 0. The van der Waals surface area contributed by atoms with Crippen LogP contribution in [0.25, 0.3) is 0 Å². The molecule has 1 N–H and O–H groups in total. The Balaban J connectivity index is 2.80. The number of carboxylic acid groups (broad SMARTS) is 1. The molecule has 1 aromatic rings. The highest BCUT2D eigenvalue weighted by Crippen LogP contribution is 2.19. The number of anilines is 1. The SMILES string of the molecule is CC(=CCN(C)c1ccc(C)cc1C)C(=O)O. The predicted octanol–water partition coefficient (Wildman–Crippen LogP) is 2.77. The Morgan fingerprint density at radius 1 is 1.41 bits per heavy atom. The van der Waals surface area contributed by atoms with Crippen molar-refractivity contribution in [2.45, 2.75) is 20.8 Å². The quantitative estimate of drug-likeness (QED) is 0.813. The average Bonchev–Trinajstić information content (AvgIpc) is 2.25. The van der Waals surface area contributed by atoms with Gasteiger partial charge >= 0.3 is 5.97 Å². The minimum Gasteiger partial charge on any atom is -0.478 e. The summed E-state index contributed by atoms with van der Waals surface area (Å²) in [5, 5.41) is 8.77. The maximum Gasteiger partial charge on any atom is 0.331 e. The van der Waals surface area contributed by atoms with Crippen molar-refractivity contribution in [3.63, 3.8) is 0 Å². The second-order valence-electron chi connectivity index (χ2n) is 4.36. The van der Waals surface area contributed by atoms with Gasteiger partial charge in [-0.2, -0.15) is 0 Å². The summed E-state index contributed by atoms with van der Waals surface area (Å²) in [6, 6.07) is 6.25. The van der Waals surface area contributed by atoms with Crippen LogP contribution in [0.5, 0.6) is 0 Å². The molecule has 3 heteroatoms. The van der Waals surface area contributed by atoms with Gasteiger partial charge in [0.1, 0.15) is 0 Å². The highest BCUT2D eigenvalue weighted by atomic mass is 16.4. The molecule has 1 aromatic carbocycles. The molecule has 0 aliphatic rings. The largest absolute Gasteiger partial charge is 0.478 e. The number of carbonyl (C=O) groups is 1. The fourth-order valence-corrected chi connectivity index (χ4v) is 1.69. The lowest BCUT2D eigenvalue weighted by Crippen LogP contribution is -2.18. The van der Waals surface area contributed by atoms with Crippen LogP contribution in [-0.2, 0) is 4.79 Å². The van der Waals surface area contributed by atoms with E-state index < -0.39 is 5.97 Å². The van der Waals surface area contributed by atoms with Crippen LogP contribution in [0.3, 0.4) is 0 Å². The van der Waals surface area contributed by atoms with Gasteiger partial charge in [0.2, 0.25) is 0 Å². The van der Waals surface area contributed by atoms with Gasteiger partial charge in [-0.3, -0.25) is 0 Å². The van der Waals surface area contributed by atoms with Crippen LogP contribution in [0.1, 0.15) is 18.1 Å². The molecule has 0 aliphatic heterocycles. The number of benzene rings is 1. The Morgan fingerprint density at radius 2 is 2.06 bits per heavy atom. The molecule has 0 spiro atoms. The first-order chi connectivity index (χ1) is 7.91. The van der Waals surface area contributed by atoms with E-state index in [0.717, 1.165) is 5.69 Å². The van der Waals surface area contributed by atoms with E-state index in [1.54, 1.807) is 13.0 Å². The molecule has 0 fully saturated rings. The summed E-state index contributed by atoms with van der Waals surface area (Å²) in [7, 11) is 1.96. The zero-order valence-corrected chi connectivity index (χ0v) is 10.8. The van der Waals surface area contributed by atoms with Gasteiger partial charge in [0, 0.05) is 24.9 Å². The molecule has 0 saturated heterocycles. The normalized spacial score (nSPS) is 11.4. The molecular weight excluding hydrogens is 214 g/mol. The summed E-state index contributed by atoms with van der Waals surface area (Å²) in [4.78, 5) is 12.7. The van der Waals surface area contributed by atoms with Crippen molar-refractivity contribution in [2.75, 3.05) is 18.5 Å². The number of nitrogens with zero attached hydrogens (tertiary/aromatic N) is 1. The van der Waals surface area contributed by atoms with E-state index in [0.29, 0.717) is 12.1 Å². The molecule has 0 atom stereocenters. The minimum atomic E-state index is -0.862. The first-order valence-corrected chi connectivity index (χ1v) is 5.60. The summed E-state index contributed by atoms with van der Waals surface area (Å²) in [5.74, 6) is -0.862. The van der Waals surface area contributed by atoms with Crippen LogP contribution < -0.4 is 4.90 Å². The van der Waals surface area contributed by atoms with Gasteiger partial charge in [0.25, 0.3) is 0 Å². The molecule has 0 aliphatic carbocycles. The third-order valence-electron chi connectivity index (χ3n) is 2.77. The zero-order chi connectivity index (χ0) is 13.0. The Kier molecular flexibility index (Phi) is 4.32. The fourth-order valence-electron chi connectivity index (χ4n) is 1.69. The molecule has 1 rings (SSSR count). The van der Waals surface area contributed by atoms with E-state index in [1.165, 1.54) is 11.1 Å². The van der Waals surface area contributed by atoms with Crippen molar-refractivity contribution < 1.29 is 9.90 Å². The lowest BCUT2D eigenvalue weighted by Gasteiger charge is -2.20. The van der Waals surface area contributed by atoms with Gasteiger partial charge in [-0.1, -0.05) is 23.8 Å². The first-order valence-electron chi connectivity index (χ1n) is 5.60. The number of aryl methyl sites for hydroxylation is 2. The molecule has 3 nitrogen and oxygen atoms in total. The van der Waals surface area contributed by atoms with Gasteiger partial charge in [-0.15, -0.1) is 0 Å². The molecule has 0 bridgehead atoms. The van der Waals surface area contributed by atoms with Crippen LogP contribution in [0.2, 0.25) is 0 Å². The summed E-state index contributed by atoms with van der Waals surface area (Å²) in [6.07, 6.45) is 1.72. The van der Waals surface area contributed by atoms with E-state index in [4.69, 9.17) is 5.11 Å². The van der Waals surface area contributed by atoms with E-state index in [2.05, 4.69) is 32.0 Å². The van der Waals surface area contributed by atoms with Gasteiger partial charge in [-0.05, 0) is 32.4 Å². The monoisotopic (exact) mass is 233 g/mol. The van der Waals surface area contributed by atoms with Crippen LogP contribution in [-0.4, -0.2) is 24.7 Å². The summed E-state index contributed by atoms with van der Waals surface area (Å²) in [5.41, 5.74) is 3.94. The van der Waals surface area contributed by atoms with Gasteiger partial charge in [0.05, 0.1) is 0 Å². The Labute approximate surface area is 102 Å². The molecule has 0 saturated carbocycles. The lowest BCUT2D eigenvalue weighted by molar-refractivity contribution is -0.132. The smallest absolute Gasteiger partial charge is 0.331 e. The third kappa shape index (κ3) is 3.63. The maximum absolute atomic E-state index is 10.7. The fraction of sp³-hybridized carbons (Fsp3) is 0.357. The van der Waals surface area contributed by atoms with E-state index in [1.807, 2.05) is 11.9 Å². The van der Waals surface area contributed by atoms with Crippen molar-refractivity contribution >= 4 is 11.7 Å². The number of rotatable bonds is 4. The van der Waals surface area contributed by atoms with Gasteiger partial charge < -0.3 is 10.0 Å². The maximum atomic E-state index is 10.7. The molecule has 0 unspecified atom stereocenters. The summed E-state index contributed by atoms with van der Waals surface area (Å²) >= 11 is 0. The number of likely N-dealkylation sites (N-methyl/N-ethyl adjacent to an activating group) is 1. The minimum absolute atomic E-state index is 0.376. The Hall–Kier alpha value is -1.77. The van der Waals surface area contributed by atoms with Crippen molar-refractivity contribution in [3.05, 3.63) is 41.0 Å². The van der Waals surface area contributed by atoms with Gasteiger partial charge in [0.15, 0.2) is 0 Å². The van der Waals surface area contributed by atoms with E-state index in [9.17, 15) is 4.79 Å². The summed E-state index contributed by atoms with van der Waals surface area (Å²) in [6.45, 7) is 6.33. The standard InChI is InChI=1S/C14H19NO2/c1-10-5-6-13(12(3)9-10)15(4)8-7-11(2)14(16)17/h5-7,9H,8H2,1-4H3,(H,16,17). The molecule has 0 heterocycles. The van der Waals surface area contributed by atoms with Gasteiger partial charge in [-0.25, -0.2) is 4.79 Å². The molecule has 0 aromatic heterocycles. The predicted molar refractivity (Wildman–Crippen MR) is 70.6 cm³/mol. The van der Waals surface area contributed by atoms with Crippen molar-refractivity contribution in [2.24, 2.45) is 0 Å². The number of aliphatic carboxylic acids is 1. The van der Waals surface area contributed by atoms with Crippen LogP contribution in [0.4, 0.5) is 5.69 Å². The third-order valence-corrected chi connectivity index (χ3v) is 2.77. The lowest BCUT2D eigenvalue weighted by atomic mass is 10.1. The van der Waals surface area contributed by atoms with Crippen molar-refractivity contribution in [3.8, 4) is 0 Å². The van der Waals surface area contributed by atoms with Crippen LogP contribution >= 0.6 is 0 Å². The number of hydrogen-bond donors (Lipinski definition) is 1. The molecular formula is C14H19NO2. The Morgan fingerprint density at radius 3 is 2.59 bits per heavy atom. The van der Waals surface area contributed by atoms with Crippen molar-refractivity contribution in [1.82, 2.24) is 0 Å². The topological polar surface area (TPSA) is 40.5 Å². The Bertz CT molecular complexity index is 450. The van der Waals surface area contributed by atoms with Crippen LogP contribution in [0.15, 0.2) is 29.8 Å². The highest BCUT2D eigenvalue weighted by Gasteiger charge is 2.04. The molecule has 92 valence electrons. The zero-order valence-electron chi connectivity index (χ0n) is 10.8. The van der Waals surface area contributed by atoms with Crippen LogP contribution in [0, 0.1) is 13.8 Å². The number of hydrogen-bond acceptors (Lipinski definition) is 2. The highest BCUT2D eigenvalue weighted by molar-refractivity contribution is 5.85.